The Morgan fingerprint density at radius 3 is 2.29 bits per heavy atom. The summed E-state index contributed by atoms with van der Waals surface area (Å²) in [5.74, 6) is -0.992. The van der Waals surface area contributed by atoms with Crippen LogP contribution in [0.15, 0.2) is 54.2 Å². The number of aromatic nitrogens is 1. The lowest BCUT2D eigenvalue weighted by molar-refractivity contribution is -0.123. The predicted octanol–water partition coefficient (Wildman–Crippen LogP) is 1.39. The SMILES string of the molecule is O=C1NC(=S)NC(=O)C1=Cc1cccn1-c1ccccc1. The summed E-state index contributed by atoms with van der Waals surface area (Å²) < 4.78 is 1.89. The van der Waals surface area contributed by atoms with Crippen LogP contribution in [0.1, 0.15) is 5.69 Å². The highest BCUT2D eigenvalue weighted by molar-refractivity contribution is 7.80. The molecule has 2 amide bonds. The number of nitrogens with zero attached hydrogens (tertiary/aromatic N) is 1. The molecule has 1 fully saturated rings. The molecule has 0 saturated carbocycles. The molecule has 104 valence electrons. The van der Waals surface area contributed by atoms with E-state index in [0.29, 0.717) is 0 Å². The number of nitrogens with one attached hydrogen (secondary N) is 2. The van der Waals surface area contributed by atoms with Gasteiger partial charge in [0.15, 0.2) is 5.11 Å². The van der Waals surface area contributed by atoms with Crippen LogP contribution in [0.2, 0.25) is 0 Å². The summed E-state index contributed by atoms with van der Waals surface area (Å²) in [5.41, 5.74) is 1.70. The molecule has 1 aromatic heterocycles. The monoisotopic (exact) mass is 297 g/mol. The van der Waals surface area contributed by atoms with Crippen molar-refractivity contribution in [3.05, 3.63) is 59.9 Å². The highest BCUT2D eigenvalue weighted by atomic mass is 32.1. The van der Waals surface area contributed by atoms with Gasteiger partial charge in [-0.15, -0.1) is 0 Å². The van der Waals surface area contributed by atoms with Crippen molar-refractivity contribution in [1.29, 1.82) is 0 Å². The van der Waals surface area contributed by atoms with Gasteiger partial charge in [-0.2, -0.15) is 0 Å². The summed E-state index contributed by atoms with van der Waals surface area (Å²) in [7, 11) is 0. The van der Waals surface area contributed by atoms with E-state index < -0.39 is 11.8 Å². The molecule has 1 saturated heterocycles. The van der Waals surface area contributed by atoms with Crippen LogP contribution >= 0.6 is 12.2 Å². The maximum absolute atomic E-state index is 11.9. The van der Waals surface area contributed by atoms with Gasteiger partial charge in [0, 0.05) is 17.6 Å². The Kier molecular flexibility index (Phi) is 3.37. The maximum Gasteiger partial charge on any atom is 0.263 e. The van der Waals surface area contributed by atoms with E-state index in [1.165, 1.54) is 0 Å². The molecule has 1 aromatic carbocycles. The fraction of sp³-hybridized carbons (Fsp3) is 0. The van der Waals surface area contributed by atoms with Gasteiger partial charge in [0.1, 0.15) is 5.57 Å². The second kappa shape index (κ2) is 5.34. The highest BCUT2D eigenvalue weighted by Crippen LogP contribution is 2.16. The minimum absolute atomic E-state index is 0.0273. The van der Waals surface area contributed by atoms with Crippen molar-refractivity contribution < 1.29 is 9.59 Å². The molecule has 1 aliphatic rings. The number of hydrogen-bond acceptors (Lipinski definition) is 3. The Morgan fingerprint density at radius 2 is 1.62 bits per heavy atom. The number of hydrogen-bond donors (Lipinski definition) is 2. The average Bonchev–Trinajstić information content (AvgIpc) is 2.92. The summed E-state index contributed by atoms with van der Waals surface area (Å²) in [4.78, 5) is 23.7. The molecule has 0 spiro atoms. The third-order valence-electron chi connectivity index (χ3n) is 3.05. The summed E-state index contributed by atoms with van der Waals surface area (Å²) >= 11 is 4.77. The molecule has 21 heavy (non-hydrogen) atoms. The van der Waals surface area contributed by atoms with Crippen molar-refractivity contribution in [2.45, 2.75) is 0 Å². The van der Waals surface area contributed by atoms with E-state index in [2.05, 4.69) is 10.6 Å². The van der Waals surface area contributed by atoms with Gasteiger partial charge in [0.2, 0.25) is 0 Å². The van der Waals surface area contributed by atoms with Gasteiger partial charge in [-0.1, -0.05) is 18.2 Å². The molecule has 2 N–H and O–H groups in total. The smallest absolute Gasteiger partial charge is 0.263 e. The van der Waals surface area contributed by atoms with Gasteiger partial charge in [-0.3, -0.25) is 20.2 Å². The lowest BCUT2D eigenvalue weighted by atomic mass is 10.1. The van der Waals surface area contributed by atoms with Crippen molar-refractivity contribution in [1.82, 2.24) is 15.2 Å². The second-order valence-electron chi connectivity index (χ2n) is 4.43. The van der Waals surface area contributed by atoms with Crippen molar-refractivity contribution in [2.75, 3.05) is 0 Å². The van der Waals surface area contributed by atoms with Crippen molar-refractivity contribution in [2.24, 2.45) is 0 Å². The molecule has 2 aromatic rings. The van der Waals surface area contributed by atoms with E-state index in [1.54, 1.807) is 6.08 Å². The topological polar surface area (TPSA) is 63.1 Å². The quantitative estimate of drug-likeness (QED) is 0.500. The van der Waals surface area contributed by atoms with Crippen LogP contribution in [0.4, 0.5) is 0 Å². The van der Waals surface area contributed by atoms with E-state index in [-0.39, 0.29) is 10.7 Å². The fourth-order valence-corrected chi connectivity index (χ4v) is 2.28. The molecule has 0 unspecified atom stereocenters. The minimum Gasteiger partial charge on any atom is -0.317 e. The number of benzene rings is 1. The van der Waals surface area contributed by atoms with Gasteiger partial charge < -0.3 is 4.57 Å². The summed E-state index contributed by atoms with van der Waals surface area (Å²) in [6, 6.07) is 13.3. The molecule has 5 nitrogen and oxygen atoms in total. The van der Waals surface area contributed by atoms with Crippen molar-refractivity contribution in [3.63, 3.8) is 0 Å². The lowest BCUT2D eigenvalue weighted by Crippen LogP contribution is -2.51. The first kappa shape index (κ1) is 13.3. The van der Waals surface area contributed by atoms with Crippen LogP contribution in [0.3, 0.4) is 0 Å². The van der Waals surface area contributed by atoms with Crippen LogP contribution in [-0.4, -0.2) is 21.5 Å². The zero-order valence-electron chi connectivity index (χ0n) is 10.9. The molecule has 0 atom stereocenters. The maximum atomic E-state index is 11.9. The first-order valence-electron chi connectivity index (χ1n) is 6.26. The Labute approximate surface area is 126 Å². The summed E-state index contributed by atoms with van der Waals surface area (Å²) in [6.07, 6.45) is 3.41. The van der Waals surface area contributed by atoms with E-state index in [9.17, 15) is 9.59 Å². The van der Waals surface area contributed by atoms with Crippen molar-refractivity contribution >= 4 is 35.2 Å². The first-order valence-corrected chi connectivity index (χ1v) is 6.67. The van der Waals surface area contributed by atoms with Crippen LogP contribution in [0.25, 0.3) is 11.8 Å². The number of amides is 2. The van der Waals surface area contributed by atoms with E-state index >= 15 is 0 Å². The summed E-state index contributed by atoms with van der Waals surface area (Å²) in [5, 5.41) is 4.86. The zero-order valence-corrected chi connectivity index (χ0v) is 11.7. The normalized spacial score (nSPS) is 14.7. The van der Waals surface area contributed by atoms with Gasteiger partial charge in [-0.05, 0) is 42.6 Å². The van der Waals surface area contributed by atoms with Crippen LogP contribution < -0.4 is 10.6 Å². The average molecular weight is 297 g/mol. The van der Waals surface area contributed by atoms with Crippen LogP contribution in [-0.2, 0) is 9.59 Å². The molecule has 0 bridgehead atoms. The van der Waals surface area contributed by atoms with Crippen LogP contribution in [0, 0.1) is 0 Å². The van der Waals surface area contributed by atoms with Crippen molar-refractivity contribution in [3.8, 4) is 5.69 Å². The predicted molar refractivity (Wildman–Crippen MR) is 82.6 cm³/mol. The number of rotatable bonds is 2. The van der Waals surface area contributed by atoms with E-state index in [0.717, 1.165) is 11.4 Å². The first-order chi connectivity index (χ1) is 10.1. The van der Waals surface area contributed by atoms with Crippen LogP contribution in [0.5, 0.6) is 0 Å². The molecular formula is C15H11N3O2S. The number of carbonyl (C=O) groups is 2. The molecule has 1 aliphatic heterocycles. The zero-order chi connectivity index (χ0) is 14.8. The third-order valence-corrected chi connectivity index (χ3v) is 3.25. The fourth-order valence-electron chi connectivity index (χ4n) is 2.09. The third kappa shape index (κ3) is 2.61. The number of para-hydroxylation sites is 1. The van der Waals surface area contributed by atoms with E-state index in [4.69, 9.17) is 12.2 Å². The lowest BCUT2D eigenvalue weighted by Gasteiger charge is -2.16. The largest absolute Gasteiger partial charge is 0.317 e. The number of carbonyl (C=O) groups excluding carboxylic acids is 2. The Balaban J connectivity index is 2.01. The standard InChI is InChI=1S/C15H11N3O2S/c19-13-12(14(20)17-15(21)16-13)9-11-7-4-8-18(11)10-5-2-1-3-6-10/h1-9H,(H2,16,17,19,20,21). The molecule has 2 heterocycles. The number of thiocarbonyl (C=S) groups is 1. The van der Waals surface area contributed by atoms with Gasteiger partial charge >= 0.3 is 0 Å². The Hall–Kier alpha value is -2.73. The Bertz CT molecular complexity index is 740. The molecular weight excluding hydrogens is 286 g/mol. The van der Waals surface area contributed by atoms with E-state index in [1.807, 2.05) is 53.2 Å². The molecule has 3 rings (SSSR count). The molecule has 0 aliphatic carbocycles. The van der Waals surface area contributed by atoms with Gasteiger partial charge in [-0.25, -0.2) is 0 Å². The summed E-state index contributed by atoms with van der Waals surface area (Å²) in [6.45, 7) is 0. The molecule has 6 heteroatoms. The highest BCUT2D eigenvalue weighted by Gasteiger charge is 2.25. The van der Waals surface area contributed by atoms with Gasteiger partial charge in [0.25, 0.3) is 11.8 Å². The molecule has 0 radical (unpaired) electrons. The van der Waals surface area contributed by atoms with Gasteiger partial charge in [0.05, 0.1) is 0 Å². The Morgan fingerprint density at radius 1 is 0.952 bits per heavy atom. The second-order valence-corrected chi connectivity index (χ2v) is 4.84. The minimum atomic E-state index is -0.496.